The Kier molecular flexibility index (Phi) is 7.86. The fourth-order valence-electron chi connectivity index (χ4n) is 3.02. The van der Waals surface area contributed by atoms with Crippen molar-refractivity contribution in [3.05, 3.63) is 59.1 Å². The predicted octanol–water partition coefficient (Wildman–Crippen LogP) is 3.66. The molecule has 0 heterocycles. The van der Waals surface area contributed by atoms with E-state index in [1.165, 1.54) is 6.07 Å². The van der Waals surface area contributed by atoms with Gasteiger partial charge < -0.3 is 10.6 Å². The molecular weight excluding hydrogens is 426 g/mol. The first-order chi connectivity index (χ1) is 14.0. The second-order valence-electron chi connectivity index (χ2n) is 7.13. The van der Waals surface area contributed by atoms with Crippen LogP contribution in [0.3, 0.4) is 0 Å². The Hall–Kier alpha value is -2.58. The standard InChI is InChI=1S/C21H26ClN3O4S/c1-5-19(25(30(4,28)29)16-10-8-9-15(22)13-16)21(27)24-18-12-7-6-11-17(18)20(26)23-14(2)3/h6-14,19H,5H2,1-4H3,(H,23,26)(H,24,27). The molecule has 2 aromatic carbocycles. The summed E-state index contributed by atoms with van der Waals surface area (Å²) in [6.07, 6.45) is 1.25. The molecule has 1 atom stereocenters. The summed E-state index contributed by atoms with van der Waals surface area (Å²) in [6, 6.07) is 11.8. The number of nitrogens with one attached hydrogen (secondary N) is 2. The summed E-state index contributed by atoms with van der Waals surface area (Å²) in [5.74, 6) is -0.878. The van der Waals surface area contributed by atoms with Gasteiger partial charge in [-0.2, -0.15) is 0 Å². The van der Waals surface area contributed by atoms with Gasteiger partial charge in [-0.1, -0.05) is 36.7 Å². The second kappa shape index (κ2) is 9.95. The van der Waals surface area contributed by atoms with Gasteiger partial charge in [-0.25, -0.2) is 8.42 Å². The number of nitrogens with zero attached hydrogens (tertiary/aromatic N) is 1. The van der Waals surface area contributed by atoms with E-state index in [1.54, 1.807) is 49.4 Å². The molecule has 0 saturated carbocycles. The van der Waals surface area contributed by atoms with Crippen molar-refractivity contribution in [3.8, 4) is 0 Å². The number of carbonyl (C=O) groups is 2. The minimum atomic E-state index is -3.79. The quantitative estimate of drug-likeness (QED) is 0.640. The molecule has 1 unspecified atom stereocenters. The summed E-state index contributed by atoms with van der Waals surface area (Å²) in [5, 5.41) is 5.85. The summed E-state index contributed by atoms with van der Waals surface area (Å²) in [7, 11) is -3.79. The first-order valence-corrected chi connectivity index (χ1v) is 11.7. The van der Waals surface area contributed by atoms with E-state index in [0.717, 1.165) is 10.6 Å². The van der Waals surface area contributed by atoms with Gasteiger partial charge in [0, 0.05) is 11.1 Å². The molecule has 0 saturated heterocycles. The number of rotatable bonds is 8. The Morgan fingerprint density at radius 1 is 1.10 bits per heavy atom. The molecule has 0 bridgehead atoms. The minimum absolute atomic E-state index is 0.0757. The van der Waals surface area contributed by atoms with Gasteiger partial charge in [-0.3, -0.25) is 13.9 Å². The van der Waals surface area contributed by atoms with Crippen LogP contribution in [-0.4, -0.2) is 38.6 Å². The molecule has 2 rings (SSSR count). The molecule has 2 N–H and O–H groups in total. The van der Waals surface area contributed by atoms with Crippen molar-refractivity contribution in [2.24, 2.45) is 0 Å². The molecule has 2 amide bonds. The van der Waals surface area contributed by atoms with Crippen LogP contribution in [0.25, 0.3) is 0 Å². The minimum Gasteiger partial charge on any atom is -0.350 e. The number of para-hydroxylation sites is 1. The van der Waals surface area contributed by atoms with Crippen molar-refractivity contribution >= 4 is 44.8 Å². The second-order valence-corrected chi connectivity index (χ2v) is 9.42. The SMILES string of the molecule is CCC(C(=O)Nc1ccccc1C(=O)NC(C)C)N(c1cccc(Cl)c1)S(C)(=O)=O. The van der Waals surface area contributed by atoms with Gasteiger partial charge >= 0.3 is 0 Å². The number of anilines is 2. The summed E-state index contributed by atoms with van der Waals surface area (Å²) in [4.78, 5) is 25.6. The van der Waals surface area contributed by atoms with E-state index in [2.05, 4.69) is 10.6 Å². The Labute approximate surface area is 182 Å². The van der Waals surface area contributed by atoms with Gasteiger partial charge in [-0.05, 0) is 50.6 Å². The van der Waals surface area contributed by atoms with E-state index in [1.807, 2.05) is 13.8 Å². The van der Waals surface area contributed by atoms with E-state index in [0.29, 0.717) is 16.3 Å². The summed E-state index contributed by atoms with van der Waals surface area (Å²) < 4.78 is 26.1. The van der Waals surface area contributed by atoms with Crippen molar-refractivity contribution in [1.29, 1.82) is 0 Å². The highest BCUT2D eigenvalue weighted by molar-refractivity contribution is 7.92. The van der Waals surface area contributed by atoms with Crippen molar-refractivity contribution < 1.29 is 18.0 Å². The average molecular weight is 452 g/mol. The lowest BCUT2D eigenvalue weighted by Gasteiger charge is -2.30. The Morgan fingerprint density at radius 2 is 1.77 bits per heavy atom. The van der Waals surface area contributed by atoms with Gasteiger partial charge in [0.15, 0.2) is 0 Å². The predicted molar refractivity (Wildman–Crippen MR) is 121 cm³/mol. The third kappa shape index (κ3) is 5.96. The van der Waals surface area contributed by atoms with Crippen LogP contribution in [-0.2, 0) is 14.8 Å². The fourth-order valence-corrected chi connectivity index (χ4v) is 4.41. The van der Waals surface area contributed by atoms with Crippen LogP contribution < -0.4 is 14.9 Å². The molecule has 0 aromatic heterocycles. The molecule has 9 heteroatoms. The molecule has 7 nitrogen and oxygen atoms in total. The summed E-state index contributed by atoms with van der Waals surface area (Å²) in [5.41, 5.74) is 0.888. The fraction of sp³-hybridized carbons (Fsp3) is 0.333. The van der Waals surface area contributed by atoms with Crippen LogP contribution in [0, 0.1) is 0 Å². The number of sulfonamides is 1. The van der Waals surface area contributed by atoms with Crippen LogP contribution in [0.5, 0.6) is 0 Å². The highest BCUT2D eigenvalue weighted by Crippen LogP contribution is 2.26. The molecule has 0 aliphatic heterocycles. The lowest BCUT2D eigenvalue weighted by molar-refractivity contribution is -0.117. The molecule has 0 aliphatic rings. The lowest BCUT2D eigenvalue weighted by atomic mass is 10.1. The number of halogens is 1. The largest absolute Gasteiger partial charge is 0.350 e. The van der Waals surface area contributed by atoms with Crippen molar-refractivity contribution in [2.45, 2.75) is 39.3 Å². The third-order valence-corrected chi connectivity index (χ3v) is 5.66. The Balaban J connectivity index is 2.39. The highest BCUT2D eigenvalue weighted by atomic mass is 35.5. The van der Waals surface area contributed by atoms with Crippen molar-refractivity contribution in [2.75, 3.05) is 15.9 Å². The monoisotopic (exact) mass is 451 g/mol. The maximum absolute atomic E-state index is 13.1. The van der Waals surface area contributed by atoms with Gasteiger partial charge in [0.2, 0.25) is 15.9 Å². The normalized spacial score (nSPS) is 12.3. The molecule has 30 heavy (non-hydrogen) atoms. The van der Waals surface area contributed by atoms with Crippen LogP contribution in [0.4, 0.5) is 11.4 Å². The highest BCUT2D eigenvalue weighted by Gasteiger charge is 2.32. The Morgan fingerprint density at radius 3 is 2.33 bits per heavy atom. The first-order valence-electron chi connectivity index (χ1n) is 9.50. The number of hydrogen-bond donors (Lipinski definition) is 2. The van der Waals surface area contributed by atoms with Crippen LogP contribution in [0.1, 0.15) is 37.6 Å². The Bertz CT molecular complexity index is 1020. The molecule has 0 spiro atoms. The maximum Gasteiger partial charge on any atom is 0.253 e. The number of benzene rings is 2. The van der Waals surface area contributed by atoms with Gasteiger partial charge in [0.05, 0.1) is 23.2 Å². The third-order valence-electron chi connectivity index (χ3n) is 4.24. The van der Waals surface area contributed by atoms with E-state index in [4.69, 9.17) is 11.6 Å². The van der Waals surface area contributed by atoms with Gasteiger partial charge in [-0.15, -0.1) is 0 Å². The zero-order chi connectivity index (χ0) is 22.5. The first kappa shape index (κ1) is 23.7. The zero-order valence-electron chi connectivity index (χ0n) is 17.3. The van der Waals surface area contributed by atoms with E-state index < -0.39 is 22.0 Å². The molecular formula is C21H26ClN3O4S. The maximum atomic E-state index is 13.1. The number of amides is 2. The summed E-state index contributed by atoms with van der Waals surface area (Å²) >= 11 is 6.03. The van der Waals surface area contributed by atoms with E-state index >= 15 is 0 Å². The van der Waals surface area contributed by atoms with Crippen LogP contribution in [0.15, 0.2) is 48.5 Å². The molecule has 0 fully saturated rings. The van der Waals surface area contributed by atoms with E-state index in [-0.39, 0.29) is 24.1 Å². The zero-order valence-corrected chi connectivity index (χ0v) is 18.9. The molecule has 0 aliphatic carbocycles. The topological polar surface area (TPSA) is 95.6 Å². The number of hydrogen-bond acceptors (Lipinski definition) is 4. The van der Waals surface area contributed by atoms with Gasteiger partial charge in [0.1, 0.15) is 6.04 Å². The van der Waals surface area contributed by atoms with Crippen molar-refractivity contribution in [3.63, 3.8) is 0 Å². The molecule has 0 radical (unpaired) electrons. The van der Waals surface area contributed by atoms with E-state index in [9.17, 15) is 18.0 Å². The smallest absolute Gasteiger partial charge is 0.253 e. The summed E-state index contributed by atoms with van der Waals surface area (Å²) in [6.45, 7) is 5.38. The van der Waals surface area contributed by atoms with Crippen LogP contribution in [0.2, 0.25) is 5.02 Å². The molecule has 2 aromatic rings. The average Bonchev–Trinajstić information content (AvgIpc) is 2.64. The number of carbonyl (C=O) groups excluding carboxylic acids is 2. The van der Waals surface area contributed by atoms with Crippen LogP contribution >= 0.6 is 11.6 Å². The van der Waals surface area contributed by atoms with Crippen molar-refractivity contribution in [1.82, 2.24) is 5.32 Å². The lowest BCUT2D eigenvalue weighted by Crippen LogP contribution is -2.47. The molecule has 162 valence electrons. The van der Waals surface area contributed by atoms with Gasteiger partial charge in [0.25, 0.3) is 5.91 Å².